The normalized spacial score (nSPS) is 23.2. The van der Waals surface area contributed by atoms with Crippen LogP contribution < -0.4 is 10.1 Å². The molecule has 2 heteroatoms. The van der Waals surface area contributed by atoms with Gasteiger partial charge in [0.05, 0.1) is 7.11 Å². The molecule has 1 aromatic carbocycles. The molecule has 0 radical (unpaired) electrons. The van der Waals surface area contributed by atoms with Crippen LogP contribution in [-0.4, -0.2) is 19.2 Å². The zero-order chi connectivity index (χ0) is 13.7. The van der Waals surface area contributed by atoms with Gasteiger partial charge in [-0.3, -0.25) is 0 Å². The maximum absolute atomic E-state index is 5.38. The van der Waals surface area contributed by atoms with Gasteiger partial charge in [-0.1, -0.05) is 19.1 Å². The average molecular weight is 257 g/mol. The Morgan fingerprint density at radius 2 is 2.05 bits per heavy atom. The van der Waals surface area contributed by atoms with Crippen LogP contribution in [0.5, 0.6) is 5.75 Å². The standard InChI is InChI=1S/C17H23NO/c1-4-6-15(5-2)18-16-11-14(12-16)13-7-9-17(19-3)10-8-13/h1,7-10,14-16,18H,5-6,11-12H2,2-3H3. The summed E-state index contributed by atoms with van der Waals surface area (Å²) in [4.78, 5) is 0. The van der Waals surface area contributed by atoms with Gasteiger partial charge in [-0.15, -0.1) is 12.3 Å². The predicted molar refractivity (Wildman–Crippen MR) is 79.4 cm³/mol. The zero-order valence-corrected chi connectivity index (χ0v) is 11.9. The number of methoxy groups -OCH3 is 1. The molecule has 1 atom stereocenters. The number of ether oxygens (including phenoxy) is 1. The Kier molecular flexibility index (Phi) is 4.87. The van der Waals surface area contributed by atoms with Crippen molar-refractivity contribution in [3.63, 3.8) is 0 Å². The molecular weight excluding hydrogens is 234 g/mol. The Morgan fingerprint density at radius 1 is 1.37 bits per heavy atom. The maximum Gasteiger partial charge on any atom is 0.118 e. The van der Waals surface area contributed by atoms with E-state index in [9.17, 15) is 0 Å². The third kappa shape index (κ3) is 3.52. The van der Waals surface area contributed by atoms with Gasteiger partial charge in [-0.25, -0.2) is 0 Å². The summed E-state index contributed by atoms with van der Waals surface area (Å²) in [6.07, 6.45) is 9.75. The highest BCUT2D eigenvalue weighted by molar-refractivity contribution is 5.30. The molecule has 1 unspecified atom stereocenters. The Labute approximate surface area is 116 Å². The molecule has 0 aliphatic heterocycles. The van der Waals surface area contributed by atoms with E-state index in [0.29, 0.717) is 18.0 Å². The minimum absolute atomic E-state index is 0.479. The van der Waals surface area contributed by atoms with Gasteiger partial charge < -0.3 is 10.1 Å². The van der Waals surface area contributed by atoms with Gasteiger partial charge in [-0.05, 0) is 42.9 Å². The molecule has 1 fully saturated rings. The quantitative estimate of drug-likeness (QED) is 0.789. The first kappa shape index (κ1) is 14.0. The molecule has 0 heterocycles. The highest BCUT2D eigenvalue weighted by Crippen LogP contribution is 2.37. The fourth-order valence-corrected chi connectivity index (χ4v) is 2.70. The molecule has 2 rings (SSSR count). The molecule has 1 saturated carbocycles. The summed E-state index contributed by atoms with van der Waals surface area (Å²) in [5.74, 6) is 4.37. The van der Waals surface area contributed by atoms with Gasteiger partial charge >= 0.3 is 0 Å². The van der Waals surface area contributed by atoms with Crippen LogP contribution in [0.4, 0.5) is 0 Å². The summed E-state index contributed by atoms with van der Waals surface area (Å²) in [6.45, 7) is 2.19. The largest absolute Gasteiger partial charge is 0.497 e. The van der Waals surface area contributed by atoms with Crippen LogP contribution in [0.25, 0.3) is 0 Å². The minimum atomic E-state index is 0.479. The molecule has 19 heavy (non-hydrogen) atoms. The van der Waals surface area contributed by atoms with Gasteiger partial charge in [0.15, 0.2) is 0 Å². The Morgan fingerprint density at radius 3 is 2.58 bits per heavy atom. The van der Waals surface area contributed by atoms with Crippen molar-refractivity contribution in [1.29, 1.82) is 0 Å². The predicted octanol–water partition coefficient (Wildman–Crippen LogP) is 3.33. The molecule has 0 bridgehead atoms. The second kappa shape index (κ2) is 6.63. The Balaban J connectivity index is 1.80. The van der Waals surface area contributed by atoms with Crippen LogP contribution in [-0.2, 0) is 0 Å². The van der Waals surface area contributed by atoms with E-state index in [-0.39, 0.29) is 0 Å². The van der Waals surface area contributed by atoms with Crippen molar-refractivity contribution in [3.05, 3.63) is 29.8 Å². The van der Waals surface area contributed by atoms with E-state index >= 15 is 0 Å². The van der Waals surface area contributed by atoms with E-state index in [4.69, 9.17) is 11.2 Å². The molecule has 0 amide bonds. The van der Waals surface area contributed by atoms with Crippen molar-refractivity contribution in [2.75, 3.05) is 7.11 Å². The number of terminal acetylenes is 1. The molecule has 1 aliphatic rings. The molecule has 1 aromatic rings. The van der Waals surface area contributed by atoms with Crippen LogP contribution in [0.3, 0.4) is 0 Å². The molecule has 2 nitrogen and oxygen atoms in total. The Hall–Kier alpha value is -1.46. The second-order valence-electron chi connectivity index (χ2n) is 5.32. The van der Waals surface area contributed by atoms with Crippen LogP contribution in [0.15, 0.2) is 24.3 Å². The molecule has 0 aromatic heterocycles. The van der Waals surface area contributed by atoms with E-state index in [1.165, 1.54) is 18.4 Å². The summed E-state index contributed by atoms with van der Waals surface area (Å²) in [7, 11) is 1.70. The summed E-state index contributed by atoms with van der Waals surface area (Å²) in [5, 5.41) is 3.66. The first-order chi connectivity index (χ1) is 9.26. The first-order valence-electron chi connectivity index (χ1n) is 7.10. The Bertz CT molecular complexity index is 426. The van der Waals surface area contributed by atoms with Gasteiger partial charge in [0, 0.05) is 18.5 Å². The van der Waals surface area contributed by atoms with Crippen LogP contribution in [0, 0.1) is 12.3 Å². The van der Waals surface area contributed by atoms with E-state index in [1.807, 2.05) is 12.1 Å². The summed E-state index contributed by atoms with van der Waals surface area (Å²) < 4.78 is 5.18. The number of nitrogens with one attached hydrogen (secondary N) is 1. The fraction of sp³-hybridized carbons (Fsp3) is 0.529. The van der Waals surface area contributed by atoms with Crippen LogP contribution in [0.2, 0.25) is 0 Å². The number of hydrogen-bond donors (Lipinski definition) is 1. The first-order valence-corrected chi connectivity index (χ1v) is 7.10. The van der Waals surface area contributed by atoms with Crippen molar-refractivity contribution < 1.29 is 4.74 Å². The van der Waals surface area contributed by atoms with Gasteiger partial charge in [-0.2, -0.15) is 0 Å². The summed E-state index contributed by atoms with van der Waals surface area (Å²) >= 11 is 0. The summed E-state index contributed by atoms with van der Waals surface area (Å²) in [5.41, 5.74) is 1.42. The third-order valence-electron chi connectivity index (χ3n) is 4.05. The maximum atomic E-state index is 5.38. The molecule has 1 aliphatic carbocycles. The zero-order valence-electron chi connectivity index (χ0n) is 11.9. The molecule has 0 saturated heterocycles. The van der Waals surface area contributed by atoms with Crippen molar-refractivity contribution in [1.82, 2.24) is 5.32 Å². The second-order valence-corrected chi connectivity index (χ2v) is 5.32. The minimum Gasteiger partial charge on any atom is -0.497 e. The average Bonchev–Trinajstić information content (AvgIpc) is 2.41. The van der Waals surface area contributed by atoms with E-state index in [0.717, 1.165) is 18.6 Å². The molecule has 102 valence electrons. The molecule has 0 spiro atoms. The van der Waals surface area contributed by atoms with Crippen molar-refractivity contribution in [2.24, 2.45) is 0 Å². The van der Waals surface area contributed by atoms with E-state index < -0.39 is 0 Å². The fourth-order valence-electron chi connectivity index (χ4n) is 2.70. The SMILES string of the molecule is C#CCC(CC)NC1CC(c2ccc(OC)cc2)C1. The monoisotopic (exact) mass is 257 g/mol. The third-order valence-corrected chi connectivity index (χ3v) is 4.05. The highest BCUT2D eigenvalue weighted by atomic mass is 16.5. The molecule has 1 N–H and O–H groups in total. The van der Waals surface area contributed by atoms with Gasteiger partial charge in [0.2, 0.25) is 0 Å². The lowest BCUT2D eigenvalue weighted by Gasteiger charge is -2.38. The smallest absolute Gasteiger partial charge is 0.118 e. The van der Waals surface area contributed by atoms with Crippen molar-refractivity contribution in [3.8, 4) is 18.1 Å². The lowest BCUT2D eigenvalue weighted by molar-refractivity contribution is 0.262. The van der Waals surface area contributed by atoms with Crippen molar-refractivity contribution >= 4 is 0 Å². The summed E-state index contributed by atoms with van der Waals surface area (Å²) in [6, 6.07) is 9.56. The van der Waals surface area contributed by atoms with E-state index in [2.05, 4.69) is 30.3 Å². The van der Waals surface area contributed by atoms with Crippen molar-refractivity contribution in [2.45, 2.75) is 50.6 Å². The van der Waals surface area contributed by atoms with Gasteiger partial charge in [0.1, 0.15) is 5.75 Å². The van der Waals surface area contributed by atoms with Gasteiger partial charge in [0.25, 0.3) is 0 Å². The van der Waals surface area contributed by atoms with Crippen LogP contribution in [0.1, 0.15) is 44.1 Å². The molecular formula is C17H23NO. The lowest BCUT2D eigenvalue weighted by Crippen LogP contribution is -2.45. The number of benzene rings is 1. The van der Waals surface area contributed by atoms with Crippen LogP contribution >= 0.6 is 0 Å². The lowest BCUT2D eigenvalue weighted by atomic mass is 9.75. The van der Waals surface area contributed by atoms with E-state index in [1.54, 1.807) is 7.11 Å². The topological polar surface area (TPSA) is 21.3 Å². The number of rotatable bonds is 6. The number of hydrogen-bond acceptors (Lipinski definition) is 2. The highest BCUT2D eigenvalue weighted by Gasteiger charge is 2.31.